The number of benzene rings is 3. The number of nitrogens with two attached hydrogens (primary N) is 1. The Kier molecular flexibility index (Phi) is 7.05. The second-order valence-electron chi connectivity index (χ2n) is 9.93. The second-order valence-corrected chi connectivity index (χ2v) is 11.0. The van der Waals surface area contributed by atoms with E-state index in [1.54, 1.807) is 0 Å². The van der Waals surface area contributed by atoms with Gasteiger partial charge in [0.15, 0.2) is 0 Å². The molecule has 0 aliphatic carbocycles. The van der Waals surface area contributed by atoms with Gasteiger partial charge in [-0.1, -0.05) is 67.9 Å². The molecule has 4 N–H and O–H groups in total. The van der Waals surface area contributed by atoms with Crippen LogP contribution in [0, 0.1) is 25.2 Å². The number of amides is 1. The first-order valence-corrected chi connectivity index (χ1v) is 13.5. The summed E-state index contributed by atoms with van der Waals surface area (Å²) >= 11 is 1.39. The lowest BCUT2D eigenvalue weighted by Gasteiger charge is -2.11. The van der Waals surface area contributed by atoms with Crippen molar-refractivity contribution in [3.05, 3.63) is 101 Å². The Morgan fingerprint density at radius 1 is 0.974 bits per heavy atom. The van der Waals surface area contributed by atoms with E-state index < -0.39 is 0 Å². The highest BCUT2D eigenvalue weighted by molar-refractivity contribution is 7.24. The summed E-state index contributed by atoms with van der Waals surface area (Å²) in [6, 6.07) is 26.0. The number of hydrogen-bond donors (Lipinski definition) is 3. The Hall–Kier alpha value is -4.67. The average Bonchev–Trinajstić information content (AvgIpc) is 3.26. The van der Waals surface area contributed by atoms with E-state index in [-0.39, 0.29) is 11.7 Å². The quantitative estimate of drug-likeness (QED) is 0.205. The van der Waals surface area contributed by atoms with Gasteiger partial charge in [0, 0.05) is 16.9 Å². The van der Waals surface area contributed by atoms with Gasteiger partial charge in [0.25, 0.3) is 5.91 Å². The van der Waals surface area contributed by atoms with Gasteiger partial charge in [0.05, 0.1) is 10.2 Å². The minimum absolute atomic E-state index is 0.0933. The SMILES string of the molecule is Cc1ccc(-c2c(C#N)c(N)nc3c(C(=O)Nc4cccc(C)c4)c(Nc4ccc(C(C)C)cc4)sc23)cc1. The van der Waals surface area contributed by atoms with Crippen molar-refractivity contribution >= 4 is 49.7 Å². The molecule has 0 spiro atoms. The Morgan fingerprint density at radius 3 is 2.33 bits per heavy atom. The molecule has 0 aliphatic heterocycles. The minimum Gasteiger partial charge on any atom is -0.383 e. The number of carbonyl (C=O) groups excluding carboxylic acids is 1. The van der Waals surface area contributed by atoms with Crippen LogP contribution in [0.25, 0.3) is 21.3 Å². The van der Waals surface area contributed by atoms with Gasteiger partial charge in [-0.25, -0.2) is 4.98 Å². The standard InChI is InChI=1S/C32H29N5OS/c1-18(2)21-12-14-23(15-13-21)36-32-27(31(38)35-24-7-5-6-20(4)16-24)28-29(39-32)26(25(17-33)30(34)37-28)22-10-8-19(3)9-11-22/h5-16,18,36H,1-4H3,(H2,34,37)(H,35,38). The Balaban J connectivity index is 1.71. The third-order valence-electron chi connectivity index (χ3n) is 6.64. The minimum atomic E-state index is -0.306. The highest BCUT2D eigenvalue weighted by Crippen LogP contribution is 2.44. The number of rotatable bonds is 6. The predicted molar refractivity (Wildman–Crippen MR) is 162 cm³/mol. The summed E-state index contributed by atoms with van der Waals surface area (Å²) in [5, 5.41) is 17.1. The topological polar surface area (TPSA) is 104 Å². The number of pyridine rings is 1. The molecule has 0 aliphatic rings. The monoisotopic (exact) mass is 531 g/mol. The molecule has 5 aromatic rings. The lowest BCUT2D eigenvalue weighted by Crippen LogP contribution is -2.13. The Bertz CT molecular complexity index is 1730. The maximum absolute atomic E-state index is 13.8. The second kappa shape index (κ2) is 10.6. The first kappa shape index (κ1) is 26.0. The molecule has 0 saturated heterocycles. The van der Waals surface area contributed by atoms with Gasteiger partial charge >= 0.3 is 0 Å². The molecule has 3 aromatic carbocycles. The van der Waals surface area contributed by atoms with Gasteiger partial charge in [-0.05, 0) is 60.7 Å². The Morgan fingerprint density at radius 2 is 1.69 bits per heavy atom. The molecule has 2 aromatic heterocycles. The molecule has 0 saturated carbocycles. The van der Waals surface area contributed by atoms with Gasteiger partial charge in [-0.2, -0.15) is 5.26 Å². The number of aryl methyl sites for hydroxylation is 2. The molecular formula is C32H29N5OS. The molecule has 7 heteroatoms. The Labute approximate surface area is 232 Å². The van der Waals surface area contributed by atoms with Crippen molar-refractivity contribution in [3.63, 3.8) is 0 Å². The van der Waals surface area contributed by atoms with Crippen LogP contribution in [-0.2, 0) is 0 Å². The highest BCUT2D eigenvalue weighted by atomic mass is 32.1. The zero-order valence-electron chi connectivity index (χ0n) is 22.3. The molecule has 0 atom stereocenters. The van der Waals surface area contributed by atoms with Crippen LogP contribution in [0.2, 0.25) is 0 Å². The number of anilines is 4. The number of fused-ring (bicyclic) bond motifs is 1. The lowest BCUT2D eigenvalue weighted by atomic mass is 9.99. The largest absolute Gasteiger partial charge is 0.383 e. The van der Waals surface area contributed by atoms with E-state index in [4.69, 9.17) is 5.73 Å². The fourth-order valence-corrected chi connectivity index (χ4v) is 5.75. The van der Waals surface area contributed by atoms with Crippen molar-refractivity contribution < 1.29 is 4.79 Å². The third kappa shape index (κ3) is 5.20. The van der Waals surface area contributed by atoms with Crippen molar-refractivity contribution in [2.45, 2.75) is 33.6 Å². The van der Waals surface area contributed by atoms with Crippen LogP contribution < -0.4 is 16.4 Å². The predicted octanol–water partition coefficient (Wildman–Crippen LogP) is 8.15. The van der Waals surface area contributed by atoms with Crippen molar-refractivity contribution in [3.8, 4) is 17.2 Å². The summed E-state index contributed by atoms with van der Waals surface area (Å²) in [6.07, 6.45) is 0. The number of carbonyl (C=O) groups is 1. The van der Waals surface area contributed by atoms with Gasteiger partial charge < -0.3 is 16.4 Å². The van der Waals surface area contributed by atoms with Crippen LogP contribution in [0.4, 0.5) is 22.2 Å². The molecule has 194 valence electrons. The van der Waals surface area contributed by atoms with E-state index in [2.05, 4.69) is 47.7 Å². The number of nitrogens with zero attached hydrogens (tertiary/aromatic N) is 2. The maximum atomic E-state index is 13.8. The first-order chi connectivity index (χ1) is 18.7. The average molecular weight is 532 g/mol. The summed E-state index contributed by atoms with van der Waals surface area (Å²) in [7, 11) is 0. The smallest absolute Gasteiger partial charge is 0.260 e. The zero-order chi connectivity index (χ0) is 27.7. The van der Waals surface area contributed by atoms with Crippen molar-refractivity contribution in [1.82, 2.24) is 4.98 Å². The fraction of sp³-hybridized carbons (Fsp3) is 0.156. The van der Waals surface area contributed by atoms with E-state index >= 15 is 0 Å². The van der Waals surface area contributed by atoms with Crippen LogP contribution >= 0.6 is 11.3 Å². The fourth-order valence-electron chi connectivity index (χ4n) is 4.52. The van der Waals surface area contributed by atoms with E-state index in [1.807, 2.05) is 74.5 Å². The number of hydrogen-bond acceptors (Lipinski definition) is 6. The summed E-state index contributed by atoms with van der Waals surface area (Å²) in [5.74, 6) is 0.197. The summed E-state index contributed by atoms with van der Waals surface area (Å²) < 4.78 is 0.722. The summed E-state index contributed by atoms with van der Waals surface area (Å²) in [6.45, 7) is 8.29. The van der Waals surface area contributed by atoms with Gasteiger partial charge in [0.2, 0.25) is 0 Å². The number of thiophene rings is 1. The molecule has 39 heavy (non-hydrogen) atoms. The van der Waals surface area contributed by atoms with E-state index in [9.17, 15) is 10.1 Å². The maximum Gasteiger partial charge on any atom is 0.260 e. The number of nitrogens with one attached hydrogen (secondary N) is 2. The number of nitrogen functional groups attached to an aromatic ring is 1. The summed E-state index contributed by atoms with van der Waals surface area (Å²) in [5.41, 5.74) is 13.9. The molecule has 0 fully saturated rings. The number of aromatic nitrogens is 1. The molecule has 1 amide bonds. The van der Waals surface area contributed by atoms with Crippen LogP contribution in [0.15, 0.2) is 72.8 Å². The summed E-state index contributed by atoms with van der Waals surface area (Å²) in [4.78, 5) is 18.4. The molecule has 0 unspecified atom stereocenters. The first-order valence-electron chi connectivity index (χ1n) is 12.7. The van der Waals surface area contributed by atoms with Gasteiger partial charge in [-0.3, -0.25) is 4.79 Å². The third-order valence-corrected chi connectivity index (χ3v) is 7.75. The van der Waals surface area contributed by atoms with Crippen LogP contribution in [0.5, 0.6) is 0 Å². The molecule has 5 rings (SSSR count). The molecule has 2 heterocycles. The molecular weight excluding hydrogens is 502 g/mol. The van der Waals surface area contributed by atoms with Crippen LogP contribution in [0.1, 0.15) is 52.4 Å². The molecule has 6 nitrogen and oxygen atoms in total. The van der Waals surface area contributed by atoms with Crippen molar-refractivity contribution in [2.75, 3.05) is 16.4 Å². The normalized spacial score (nSPS) is 11.0. The zero-order valence-corrected chi connectivity index (χ0v) is 23.1. The van der Waals surface area contributed by atoms with Crippen LogP contribution in [-0.4, -0.2) is 10.9 Å². The van der Waals surface area contributed by atoms with Crippen molar-refractivity contribution in [2.24, 2.45) is 0 Å². The molecule has 0 bridgehead atoms. The van der Waals surface area contributed by atoms with Gasteiger partial charge in [-0.15, -0.1) is 11.3 Å². The lowest BCUT2D eigenvalue weighted by molar-refractivity contribution is 0.102. The highest BCUT2D eigenvalue weighted by Gasteiger charge is 2.26. The van der Waals surface area contributed by atoms with Crippen molar-refractivity contribution in [1.29, 1.82) is 5.26 Å². The number of nitriles is 1. The van der Waals surface area contributed by atoms with Gasteiger partial charge in [0.1, 0.15) is 28.0 Å². The van der Waals surface area contributed by atoms with Crippen LogP contribution in [0.3, 0.4) is 0 Å². The molecule has 0 radical (unpaired) electrons. The van der Waals surface area contributed by atoms with E-state index in [0.717, 1.165) is 27.1 Å². The van der Waals surface area contributed by atoms with E-state index in [0.29, 0.717) is 38.8 Å². The van der Waals surface area contributed by atoms with E-state index in [1.165, 1.54) is 16.9 Å².